The van der Waals surface area contributed by atoms with Crippen LogP contribution >= 0.6 is 0 Å². The summed E-state index contributed by atoms with van der Waals surface area (Å²) in [7, 11) is 2.17. The van der Waals surface area contributed by atoms with Crippen molar-refractivity contribution in [3.8, 4) is 0 Å². The molecule has 0 saturated carbocycles. The van der Waals surface area contributed by atoms with Crippen LogP contribution in [0.4, 0.5) is 11.5 Å². The number of benzene rings is 1. The topological polar surface area (TPSA) is 70.5 Å². The van der Waals surface area contributed by atoms with Gasteiger partial charge >= 0.3 is 0 Å². The number of hydrogen-bond acceptors (Lipinski definition) is 4. The van der Waals surface area contributed by atoms with Crippen LogP contribution in [-0.2, 0) is 16.1 Å². The van der Waals surface area contributed by atoms with Gasteiger partial charge in [0.05, 0.1) is 5.69 Å². The van der Waals surface area contributed by atoms with Crippen LogP contribution < -0.4 is 10.2 Å². The molecule has 4 rings (SSSR count). The van der Waals surface area contributed by atoms with E-state index < -0.39 is 0 Å². The number of nitrogens with one attached hydrogen (secondary N) is 1. The van der Waals surface area contributed by atoms with Crippen LogP contribution in [0.1, 0.15) is 49.3 Å². The van der Waals surface area contributed by atoms with Crippen LogP contribution in [0.15, 0.2) is 30.3 Å². The third-order valence-corrected chi connectivity index (χ3v) is 6.16. The summed E-state index contributed by atoms with van der Waals surface area (Å²) in [5.41, 5.74) is 3.04. The Hall–Kier alpha value is -2.67. The first-order valence-electron chi connectivity index (χ1n) is 10.9. The number of piperidine rings is 1. The number of amides is 2. The van der Waals surface area contributed by atoms with Crippen LogP contribution in [-0.4, -0.2) is 53.2 Å². The van der Waals surface area contributed by atoms with Crippen molar-refractivity contribution in [2.24, 2.45) is 0 Å². The highest BCUT2D eigenvalue weighted by Crippen LogP contribution is 2.28. The fourth-order valence-electron chi connectivity index (χ4n) is 4.42. The van der Waals surface area contributed by atoms with Crippen molar-refractivity contribution in [3.05, 3.63) is 41.6 Å². The summed E-state index contributed by atoms with van der Waals surface area (Å²) in [6, 6.07) is 10.1. The summed E-state index contributed by atoms with van der Waals surface area (Å²) in [5.74, 6) is 1.29. The van der Waals surface area contributed by atoms with Gasteiger partial charge in [0, 0.05) is 37.7 Å². The van der Waals surface area contributed by atoms with Gasteiger partial charge in [-0.15, -0.1) is 0 Å². The minimum Gasteiger partial charge on any atom is -0.326 e. The molecule has 0 atom stereocenters. The van der Waals surface area contributed by atoms with Gasteiger partial charge in [0.15, 0.2) is 0 Å². The molecule has 0 unspecified atom stereocenters. The lowest BCUT2D eigenvalue weighted by atomic mass is 9.89. The van der Waals surface area contributed by atoms with Crippen molar-refractivity contribution in [2.45, 2.75) is 51.5 Å². The first-order chi connectivity index (χ1) is 14.5. The number of hydrogen-bond donors (Lipinski definition) is 1. The normalized spacial score (nSPS) is 17.6. The van der Waals surface area contributed by atoms with E-state index in [1.165, 1.54) is 18.4 Å². The highest BCUT2D eigenvalue weighted by molar-refractivity contribution is 5.97. The Morgan fingerprint density at radius 3 is 2.53 bits per heavy atom. The fraction of sp³-hybridized carbons (Fsp3) is 0.522. The number of anilines is 2. The summed E-state index contributed by atoms with van der Waals surface area (Å²) in [6.45, 7) is 5.72. The summed E-state index contributed by atoms with van der Waals surface area (Å²) in [5, 5.41) is 7.35. The zero-order valence-electron chi connectivity index (χ0n) is 17.9. The molecule has 1 aromatic carbocycles. The fourth-order valence-corrected chi connectivity index (χ4v) is 4.42. The van der Waals surface area contributed by atoms with E-state index in [1.54, 1.807) is 4.90 Å². The van der Waals surface area contributed by atoms with Crippen LogP contribution in [0.5, 0.6) is 0 Å². The van der Waals surface area contributed by atoms with Gasteiger partial charge in [-0.1, -0.05) is 12.1 Å². The number of aromatic nitrogens is 2. The lowest BCUT2D eigenvalue weighted by molar-refractivity contribution is -0.122. The Balaban J connectivity index is 1.27. The van der Waals surface area contributed by atoms with E-state index in [-0.39, 0.29) is 24.7 Å². The maximum absolute atomic E-state index is 12.7. The number of likely N-dealkylation sites (tertiary alicyclic amines) is 1. The molecule has 0 aliphatic carbocycles. The van der Waals surface area contributed by atoms with Gasteiger partial charge in [0.1, 0.15) is 5.82 Å². The molecule has 7 heteroatoms. The Morgan fingerprint density at radius 2 is 1.80 bits per heavy atom. The molecule has 160 valence electrons. The molecule has 7 nitrogen and oxygen atoms in total. The Kier molecular flexibility index (Phi) is 6.18. The number of nitrogens with zero attached hydrogens (tertiary/aromatic N) is 4. The van der Waals surface area contributed by atoms with Gasteiger partial charge in [-0.25, -0.2) is 4.68 Å². The van der Waals surface area contributed by atoms with E-state index in [9.17, 15) is 9.59 Å². The molecule has 2 aliphatic rings. The maximum atomic E-state index is 12.7. The van der Waals surface area contributed by atoms with Gasteiger partial charge in [-0.05, 0) is 69.9 Å². The van der Waals surface area contributed by atoms with Crippen molar-refractivity contribution in [3.63, 3.8) is 0 Å². The summed E-state index contributed by atoms with van der Waals surface area (Å²) in [6.07, 6.45) is 3.62. The second-order valence-electron chi connectivity index (χ2n) is 8.51. The lowest BCUT2D eigenvalue weighted by Gasteiger charge is -2.29. The van der Waals surface area contributed by atoms with E-state index in [0.717, 1.165) is 43.3 Å². The zero-order chi connectivity index (χ0) is 21.1. The van der Waals surface area contributed by atoms with E-state index in [4.69, 9.17) is 0 Å². The Morgan fingerprint density at radius 1 is 1.07 bits per heavy atom. The Bertz CT molecular complexity index is 897. The van der Waals surface area contributed by atoms with Crippen LogP contribution in [0.25, 0.3) is 0 Å². The average molecular weight is 410 g/mol. The third-order valence-electron chi connectivity index (χ3n) is 6.16. The maximum Gasteiger partial charge on any atom is 0.228 e. The number of fused-ring (bicyclic) bond motifs is 1. The summed E-state index contributed by atoms with van der Waals surface area (Å²) >= 11 is 0. The van der Waals surface area contributed by atoms with Gasteiger partial charge in [-0.2, -0.15) is 5.10 Å². The smallest absolute Gasteiger partial charge is 0.228 e. The number of aryl methyl sites for hydroxylation is 2. The monoisotopic (exact) mass is 409 g/mol. The number of rotatable bonds is 5. The van der Waals surface area contributed by atoms with Crippen molar-refractivity contribution in [1.29, 1.82) is 0 Å². The van der Waals surface area contributed by atoms with Gasteiger partial charge < -0.3 is 10.2 Å². The highest BCUT2D eigenvalue weighted by Gasteiger charge is 2.24. The Labute approximate surface area is 178 Å². The van der Waals surface area contributed by atoms with Crippen LogP contribution in [0, 0.1) is 6.92 Å². The zero-order valence-corrected chi connectivity index (χ0v) is 17.9. The molecular formula is C23H31N5O2. The van der Waals surface area contributed by atoms with Crippen molar-refractivity contribution >= 4 is 23.3 Å². The van der Waals surface area contributed by atoms with E-state index in [1.807, 2.05) is 29.8 Å². The predicted molar refractivity (Wildman–Crippen MR) is 118 cm³/mol. The molecule has 0 radical (unpaired) electrons. The molecule has 2 aliphatic heterocycles. The van der Waals surface area contributed by atoms with Crippen molar-refractivity contribution < 1.29 is 9.59 Å². The lowest BCUT2D eigenvalue weighted by Crippen LogP contribution is -2.37. The van der Waals surface area contributed by atoms with E-state index in [0.29, 0.717) is 12.5 Å². The molecule has 0 bridgehead atoms. The molecule has 30 heavy (non-hydrogen) atoms. The molecule has 3 heterocycles. The molecule has 2 aromatic rings. The van der Waals surface area contributed by atoms with E-state index in [2.05, 4.69) is 34.5 Å². The molecular weight excluding hydrogens is 378 g/mol. The molecule has 1 aromatic heterocycles. The molecule has 1 fully saturated rings. The number of carbonyl (C=O) groups is 2. The molecule has 0 spiro atoms. The minimum absolute atomic E-state index is 0.0244. The van der Waals surface area contributed by atoms with Gasteiger partial charge in [0.2, 0.25) is 11.8 Å². The number of carbonyl (C=O) groups excluding carboxylic acids is 2. The van der Waals surface area contributed by atoms with Gasteiger partial charge in [0.25, 0.3) is 0 Å². The minimum atomic E-state index is -0.128. The average Bonchev–Trinajstić information content (AvgIpc) is 3.13. The predicted octanol–water partition coefficient (Wildman–Crippen LogP) is 3.16. The van der Waals surface area contributed by atoms with Crippen LogP contribution in [0.2, 0.25) is 0 Å². The molecule has 1 saturated heterocycles. The van der Waals surface area contributed by atoms with E-state index >= 15 is 0 Å². The third kappa shape index (κ3) is 4.73. The second kappa shape index (κ2) is 9.00. The molecule has 1 N–H and O–H groups in total. The van der Waals surface area contributed by atoms with Gasteiger partial charge in [-0.3, -0.25) is 14.5 Å². The van der Waals surface area contributed by atoms with Crippen molar-refractivity contribution in [1.82, 2.24) is 14.7 Å². The van der Waals surface area contributed by atoms with Crippen LogP contribution in [0.3, 0.4) is 0 Å². The quantitative estimate of drug-likeness (QED) is 0.824. The second-order valence-corrected chi connectivity index (χ2v) is 8.51. The highest BCUT2D eigenvalue weighted by atomic mass is 16.2. The standard InChI is InChI=1S/C23H31N5O2/c1-17-16-22-27(12-3-13-28(22)25-17)23(30)9-8-21(29)24-20-6-4-18(5-7-20)19-10-14-26(2)15-11-19/h4-7,16,19H,3,8-15H2,1-2H3,(H,24,29). The molecule has 2 amide bonds. The SMILES string of the molecule is Cc1cc2n(n1)CCCN2C(=O)CCC(=O)Nc1ccc(C2CCN(C)CC2)cc1. The summed E-state index contributed by atoms with van der Waals surface area (Å²) in [4.78, 5) is 29.2. The van der Waals surface area contributed by atoms with Crippen molar-refractivity contribution in [2.75, 3.05) is 36.9 Å². The summed E-state index contributed by atoms with van der Waals surface area (Å²) < 4.78 is 1.88. The largest absolute Gasteiger partial charge is 0.326 e. The first-order valence-corrected chi connectivity index (χ1v) is 10.9. The first kappa shape index (κ1) is 20.6.